The minimum absolute atomic E-state index is 0.229. The van der Waals surface area contributed by atoms with E-state index in [2.05, 4.69) is 5.32 Å². The molecule has 5 aromatic rings. The fraction of sp³-hybridized carbons (Fsp3) is 0.176. The average Bonchev–Trinajstić information content (AvgIpc) is 3.48. The number of anilines is 3. The molecule has 1 saturated heterocycles. The molecule has 2 aliphatic rings. The van der Waals surface area contributed by atoms with Gasteiger partial charge in [-0.2, -0.15) is 0 Å². The van der Waals surface area contributed by atoms with E-state index in [0.717, 1.165) is 33.4 Å². The molecule has 7 rings (SSSR count). The summed E-state index contributed by atoms with van der Waals surface area (Å²) in [4.78, 5) is 58.5. The molecule has 226 valence electrons. The Morgan fingerprint density at radius 1 is 0.889 bits per heavy atom. The van der Waals surface area contributed by atoms with Crippen molar-refractivity contribution in [3.8, 4) is 0 Å². The second-order valence-electron chi connectivity index (χ2n) is 11.2. The van der Waals surface area contributed by atoms with Crippen molar-refractivity contribution in [2.24, 2.45) is 5.92 Å². The number of carbonyl (C=O) groups excluding carboxylic acids is 3. The zero-order valence-corrected chi connectivity index (χ0v) is 26.7. The highest BCUT2D eigenvalue weighted by Crippen LogP contribution is 2.54. The van der Waals surface area contributed by atoms with Crippen LogP contribution in [0.3, 0.4) is 0 Å². The maximum atomic E-state index is 14.1. The first kappa shape index (κ1) is 29.3. The Bertz CT molecular complexity index is 2030. The summed E-state index contributed by atoms with van der Waals surface area (Å²) in [5, 5.41) is 5.10. The number of amides is 3. The predicted octanol–water partition coefficient (Wildman–Crippen LogP) is 6.22. The number of halogens is 1. The Labute approximate surface area is 272 Å². The summed E-state index contributed by atoms with van der Waals surface area (Å²) in [6.07, 6.45) is 0. The topological polar surface area (TPSA) is 91.7 Å². The van der Waals surface area contributed by atoms with Gasteiger partial charge in [0.2, 0.25) is 17.7 Å². The van der Waals surface area contributed by atoms with Gasteiger partial charge in [-0.1, -0.05) is 83.2 Å². The van der Waals surface area contributed by atoms with Crippen molar-refractivity contribution in [3.63, 3.8) is 0 Å². The summed E-state index contributed by atoms with van der Waals surface area (Å²) in [6.45, 7) is -0.229. The SMILES string of the molecule is CN(C)c1ccc([C@H]2c3sc(=O)n(CC(=O)Nc4cccc5ccccc45)c3SC3C(=O)N(c4ccc(Cl)cc4)C(=O)C32)cc1. The van der Waals surface area contributed by atoms with Crippen molar-refractivity contribution >= 4 is 80.3 Å². The second kappa shape index (κ2) is 11.5. The van der Waals surface area contributed by atoms with Crippen molar-refractivity contribution in [2.75, 3.05) is 29.2 Å². The molecule has 0 saturated carbocycles. The molecule has 1 aromatic heterocycles. The average molecular weight is 655 g/mol. The van der Waals surface area contributed by atoms with Gasteiger partial charge in [-0.15, -0.1) is 0 Å². The van der Waals surface area contributed by atoms with E-state index >= 15 is 0 Å². The van der Waals surface area contributed by atoms with Gasteiger partial charge in [0.1, 0.15) is 11.8 Å². The molecule has 0 aliphatic carbocycles. The Kier molecular flexibility index (Phi) is 7.51. The van der Waals surface area contributed by atoms with Gasteiger partial charge in [-0.25, -0.2) is 4.90 Å². The number of thioether (sulfide) groups is 1. The first-order valence-corrected chi connectivity index (χ1v) is 16.4. The normalized spacial score (nSPS) is 19.0. The van der Waals surface area contributed by atoms with Gasteiger partial charge >= 0.3 is 4.87 Å². The molecule has 0 spiro atoms. The van der Waals surface area contributed by atoms with Crippen LogP contribution in [0.1, 0.15) is 16.4 Å². The molecule has 3 amide bonds. The van der Waals surface area contributed by atoms with Gasteiger partial charge in [0.05, 0.1) is 16.6 Å². The molecule has 3 heterocycles. The number of rotatable bonds is 6. The van der Waals surface area contributed by atoms with E-state index in [0.29, 0.717) is 26.3 Å². The van der Waals surface area contributed by atoms with E-state index in [1.165, 1.54) is 21.2 Å². The van der Waals surface area contributed by atoms with Crippen molar-refractivity contribution in [1.82, 2.24) is 4.57 Å². The lowest BCUT2D eigenvalue weighted by molar-refractivity contribution is -0.122. The number of benzene rings is 4. The highest BCUT2D eigenvalue weighted by molar-refractivity contribution is 8.00. The van der Waals surface area contributed by atoms with E-state index < -0.39 is 17.1 Å². The first-order valence-electron chi connectivity index (χ1n) is 14.3. The molecule has 0 bridgehead atoms. The second-order valence-corrected chi connectivity index (χ2v) is 13.8. The monoisotopic (exact) mass is 654 g/mol. The minimum atomic E-state index is -0.777. The fourth-order valence-electron chi connectivity index (χ4n) is 6.11. The highest BCUT2D eigenvalue weighted by atomic mass is 35.5. The van der Waals surface area contributed by atoms with Crippen LogP contribution in [0.2, 0.25) is 5.02 Å². The van der Waals surface area contributed by atoms with Gasteiger partial charge in [-0.3, -0.25) is 23.7 Å². The molecular formula is C34H27ClN4O4S2. The van der Waals surface area contributed by atoms with Crippen LogP contribution in [0.4, 0.5) is 17.1 Å². The quantitative estimate of drug-likeness (QED) is 0.219. The minimum Gasteiger partial charge on any atom is -0.378 e. The van der Waals surface area contributed by atoms with Gasteiger partial charge in [0.15, 0.2) is 0 Å². The van der Waals surface area contributed by atoms with Crippen molar-refractivity contribution in [3.05, 3.63) is 116 Å². The van der Waals surface area contributed by atoms with E-state index in [1.54, 1.807) is 24.3 Å². The summed E-state index contributed by atoms with van der Waals surface area (Å²) in [5.41, 5.74) is 2.90. The number of carbonyl (C=O) groups is 3. The third-order valence-corrected chi connectivity index (χ3v) is 11.1. The summed E-state index contributed by atoms with van der Waals surface area (Å²) < 4.78 is 1.44. The highest BCUT2D eigenvalue weighted by Gasteiger charge is 2.56. The van der Waals surface area contributed by atoms with Crippen LogP contribution < -0.4 is 20.0 Å². The molecule has 1 fully saturated rings. The third kappa shape index (κ3) is 5.12. The number of hydrogen-bond acceptors (Lipinski definition) is 7. The summed E-state index contributed by atoms with van der Waals surface area (Å²) in [7, 11) is 3.89. The van der Waals surface area contributed by atoms with Crippen molar-refractivity contribution in [2.45, 2.75) is 22.7 Å². The molecule has 0 radical (unpaired) electrons. The lowest BCUT2D eigenvalue weighted by Crippen LogP contribution is -2.33. The standard InChI is InChI=1S/C34H27ClN4O4S2/c1-37(2)22-14-10-20(11-15-22)27-28-29(32(42)39(31(28)41)23-16-12-21(35)13-17-23)44-33-30(27)45-34(43)38(33)18-26(40)36-25-9-5-7-19-6-3-4-8-24(19)25/h3-17,27-29H,18H2,1-2H3,(H,36,40)/t27-,28?,29?/m1/s1. The van der Waals surface area contributed by atoms with E-state index in [4.69, 9.17) is 11.6 Å². The Morgan fingerprint density at radius 3 is 2.33 bits per heavy atom. The summed E-state index contributed by atoms with van der Waals surface area (Å²) >= 11 is 8.31. The van der Waals surface area contributed by atoms with Crippen molar-refractivity contribution < 1.29 is 14.4 Å². The number of nitrogens with zero attached hydrogens (tertiary/aromatic N) is 3. The molecule has 11 heteroatoms. The fourth-order valence-corrected chi connectivity index (χ4v) is 9.01. The smallest absolute Gasteiger partial charge is 0.308 e. The summed E-state index contributed by atoms with van der Waals surface area (Å²) in [5.74, 6) is -2.32. The Hall–Kier alpha value is -4.38. The van der Waals surface area contributed by atoms with E-state index in [9.17, 15) is 19.2 Å². The van der Waals surface area contributed by atoms with Crippen LogP contribution in [-0.2, 0) is 20.9 Å². The number of thiazole rings is 1. The molecule has 2 aliphatic heterocycles. The number of nitrogens with one attached hydrogen (secondary N) is 1. The van der Waals surface area contributed by atoms with Crippen molar-refractivity contribution in [1.29, 1.82) is 0 Å². The number of imide groups is 1. The van der Waals surface area contributed by atoms with Gasteiger partial charge in [0, 0.05) is 46.7 Å². The Balaban J connectivity index is 1.28. The first-order chi connectivity index (χ1) is 21.7. The van der Waals surface area contributed by atoms with Gasteiger partial charge in [0.25, 0.3) is 0 Å². The number of fused-ring (bicyclic) bond motifs is 3. The van der Waals surface area contributed by atoms with E-state index in [1.807, 2.05) is 85.7 Å². The van der Waals surface area contributed by atoms with Crippen LogP contribution in [0.25, 0.3) is 10.8 Å². The van der Waals surface area contributed by atoms with Crippen LogP contribution in [0.5, 0.6) is 0 Å². The predicted molar refractivity (Wildman–Crippen MR) is 181 cm³/mol. The lowest BCUT2D eigenvalue weighted by atomic mass is 9.83. The van der Waals surface area contributed by atoms with Crippen LogP contribution in [0, 0.1) is 5.92 Å². The van der Waals surface area contributed by atoms with Crippen LogP contribution >= 0.6 is 34.7 Å². The number of aromatic nitrogens is 1. The van der Waals surface area contributed by atoms with Crippen LogP contribution in [0.15, 0.2) is 101 Å². The molecule has 4 aromatic carbocycles. The van der Waals surface area contributed by atoms with E-state index in [-0.39, 0.29) is 29.1 Å². The molecule has 45 heavy (non-hydrogen) atoms. The Morgan fingerprint density at radius 2 is 1.60 bits per heavy atom. The molecular weight excluding hydrogens is 628 g/mol. The third-order valence-electron chi connectivity index (χ3n) is 8.27. The van der Waals surface area contributed by atoms with Gasteiger partial charge in [-0.05, 0) is 53.4 Å². The maximum absolute atomic E-state index is 14.1. The van der Waals surface area contributed by atoms with Crippen LogP contribution in [-0.4, -0.2) is 41.6 Å². The zero-order valence-electron chi connectivity index (χ0n) is 24.3. The number of hydrogen-bond donors (Lipinski definition) is 1. The lowest BCUT2D eigenvalue weighted by Gasteiger charge is -2.31. The molecule has 2 unspecified atom stereocenters. The zero-order chi connectivity index (χ0) is 31.4. The maximum Gasteiger partial charge on any atom is 0.308 e. The molecule has 1 N–H and O–H groups in total. The molecule has 8 nitrogen and oxygen atoms in total. The largest absolute Gasteiger partial charge is 0.378 e. The molecule has 3 atom stereocenters. The van der Waals surface area contributed by atoms with Gasteiger partial charge < -0.3 is 10.2 Å². The summed E-state index contributed by atoms with van der Waals surface area (Å²) in [6, 6.07) is 27.8.